The van der Waals surface area contributed by atoms with E-state index in [9.17, 15) is 0 Å². The van der Waals surface area contributed by atoms with Gasteiger partial charge in [0.25, 0.3) is 0 Å². The molecule has 1 rings (SSSR count). The highest BCUT2D eigenvalue weighted by Crippen LogP contribution is 2.33. The molecule has 0 fully saturated rings. The Morgan fingerprint density at radius 2 is 2.06 bits per heavy atom. The van der Waals surface area contributed by atoms with Gasteiger partial charge in [-0.2, -0.15) is 0 Å². The zero-order chi connectivity index (χ0) is 13.8. The van der Waals surface area contributed by atoms with Crippen LogP contribution in [0.2, 0.25) is 0 Å². The summed E-state index contributed by atoms with van der Waals surface area (Å²) in [5.74, 6) is 0. The van der Waals surface area contributed by atoms with Gasteiger partial charge in [0.2, 0.25) is 0 Å². The van der Waals surface area contributed by atoms with E-state index in [0.29, 0.717) is 6.04 Å². The van der Waals surface area contributed by atoms with Crippen LogP contribution in [-0.2, 0) is 5.41 Å². The molecule has 18 heavy (non-hydrogen) atoms. The van der Waals surface area contributed by atoms with E-state index in [4.69, 9.17) is 0 Å². The predicted molar refractivity (Wildman–Crippen MR) is 79.1 cm³/mol. The molecule has 0 aliphatic heterocycles. The number of nitrogens with zero attached hydrogens (tertiary/aromatic N) is 2. The fraction of sp³-hybridized carbons (Fsp3) is 0.714. The number of nitrogens with one attached hydrogen (secondary N) is 1. The lowest BCUT2D eigenvalue weighted by Gasteiger charge is -2.22. The molecule has 102 valence electrons. The summed E-state index contributed by atoms with van der Waals surface area (Å²) in [5, 5.41) is 7.85. The highest BCUT2D eigenvalue weighted by Gasteiger charge is 2.26. The van der Waals surface area contributed by atoms with Crippen molar-refractivity contribution in [2.75, 3.05) is 6.54 Å². The van der Waals surface area contributed by atoms with Gasteiger partial charge in [-0.3, -0.25) is 0 Å². The van der Waals surface area contributed by atoms with Gasteiger partial charge in [0.05, 0.1) is 10.6 Å². The fourth-order valence-corrected chi connectivity index (χ4v) is 2.82. The second-order valence-electron chi connectivity index (χ2n) is 5.65. The zero-order valence-corrected chi connectivity index (χ0v) is 13.0. The Morgan fingerprint density at radius 1 is 1.39 bits per heavy atom. The van der Waals surface area contributed by atoms with Crippen molar-refractivity contribution < 1.29 is 0 Å². The molecule has 0 bridgehead atoms. The normalized spacial score (nSPS) is 13.6. The molecule has 1 aromatic heterocycles. The first kappa shape index (κ1) is 15.3. The molecule has 0 aliphatic rings. The number of hydrogen-bond acceptors (Lipinski definition) is 4. The second-order valence-corrected chi connectivity index (χ2v) is 6.44. The molecule has 0 aromatic carbocycles. The Balaban J connectivity index is 2.99. The van der Waals surface area contributed by atoms with E-state index in [2.05, 4.69) is 56.1 Å². The van der Waals surface area contributed by atoms with Crippen LogP contribution in [0, 0.1) is 0 Å². The monoisotopic (exact) mass is 267 g/mol. The van der Waals surface area contributed by atoms with E-state index < -0.39 is 0 Å². The SMILES string of the molecule is C=C(CC)CC(NCC)c1snnc1C(C)(C)C. The molecule has 1 aromatic rings. The molecular formula is C14H25N3S. The first-order chi connectivity index (χ1) is 8.40. The third-order valence-corrected chi connectivity index (χ3v) is 3.82. The van der Waals surface area contributed by atoms with E-state index in [1.54, 1.807) is 0 Å². The van der Waals surface area contributed by atoms with Crippen LogP contribution >= 0.6 is 11.5 Å². The Kier molecular flexibility index (Phi) is 5.47. The molecule has 0 saturated carbocycles. The predicted octanol–water partition coefficient (Wildman–Crippen LogP) is 3.84. The Hall–Kier alpha value is -0.740. The van der Waals surface area contributed by atoms with Gasteiger partial charge in [-0.05, 0) is 30.9 Å². The van der Waals surface area contributed by atoms with Gasteiger partial charge in [0, 0.05) is 11.5 Å². The zero-order valence-electron chi connectivity index (χ0n) is 12.2. The Labute approximate surface area is 115 Å². The van der Waals surface area contributed by atoms with Crippen molar-refractivity contribution in [3.8, 4) is 0 Å². The van der Waals surface area contributed by atoms with Crippen LogP contribution in [0.1, 0.15) is 64.1 Å². The van der Waals surface area contributed by atoms with Gasteiger partial charge in [0.1, 0.15) is 0 Å². The molecular weight excluding hydrogens is 242 g/mol. The topological polar surface area (TPSA) is 37.8 Å². The average Bonchev–Trinajstić information content (AvgIpc) is 2.76. The summed E-state index contributed by atoms with van der Waals surface area (Å²) in [5.41, 5.74) is 2.43. The largest absolute Gasteiger partial charge is 0.309 e. The maximum atomic E-state index is 4.32. The van der Waals surface area contributed by atoms with E-state index >= 15 is 0 Å². The van der Waals surface area contributed by atoms with Crippen LogP contribution in [-0.4, -0.2) is 16.1 Å². The molecule has 1 heterocycles. The average molecular weight is 267 g/mol. The van der Waals surface area contributed by atoms with Crippen LogP contribution in [0.15, 0.2) is 12.2 Å². The maximum Gasteiger partial charge on any atom is 0.0857 e. The van der Waals surface area contributed by atoms with Gasteiger partial charge < -0.3 is 5.32 Å². The van der Waals surface area contributed by atoms with Crippen LogP contribution < -0.4 is 5.32 Å². The first-order valence-corrected chi connectivity index (χ1v) is 7.40. The fourth-order valence-electron chi connectivity index (χ4n) is 1.88. The second kappa shape index (κ2) is 6.43. The molecule has 0 spiro atoms. The summed E-state index contributed by atoms with van der Waals surface area (Å²) in [6.07, 6.45) is 2.00. The minimum atomic E-state index is 0.0452. The summed E-state index contributed by atoms with van der Waals surface area (Å²) >= 11 is 1.51. The molecule has 1 atom stereocenters. The lowest BCUT2D eigenvalue weighted by molar-refractivity contribution is 0.511. The van der Waals surface area contributed by atoms with Gasteiger partial charge in [-0.25, -0.2) is 0 Å². The minimum Gasteiger partial charge on any atom is -0.309 e. The van der Waals surface area contributed by atoms with Crippen molar-refractivity contribution in [2.24, 2.45) is 0 Å². The Bertz CT molecular complexity index is 390. The van der Waals surface area contributed by atoms with Crippen LogP contribution in [0.4, 0.5) is 0 Å². The minimum absolute atomic E-state index is 0.0452. The van der Waals surface area contributed by atoms with Crippen molar-refractivity contribution in [3.63, 3.8) is 0 Å². The first-order valence-electron chi connectivity index (χ1n) is 6.62. The van der Waals surface area contributed by atoms with E-state index in [-0.39, 0.29) is 5.41 Å². The third kappa shape index (κ3) is 3.89. The lowest BCUT2D eigenvalue weighted by Crippen LogP contribution is -2.24. The molecule has 4 heteroatoms. The standard InChI is InChI=1S/C14H25N3S/c1-7-10(3)9-11(15-8-2)12-13(14(4,5)6)16-17-18-12/h11,15H,3,7-9H2,1-2,4-6H3. The van der Waals surface area contributed by atoms with Gasteiger partial charge in [0.15, 0.2) is 0 Å². The smallest absolute Gasteiger partial charge is 0.0857 e. The van der Waals surface area contributed by atoms with Crippen molar-refractivity contribution >= 4 is 11.5 Å². The van der Waals surface area contributed by atoms with Gasteiger partial charge in [-0.15, -0.1) is 5.10 Å². The summed E-state index contributed by atoms with van der Waals surface area (Å²) in [6, 6.07) is 0.302. The van der Waals surface area contributed by atoms with Crippen molar-refractivity contribution in [3.05, 3.63) is 22.7 Å². The number of hydrogen-bond donors (Lipinski definition) is 1. The van der Waals surface area contributed by atoms with Crippen LogP contribution in [0.5, 0.6) is 0 Å². The van der Waals surface area contributed by atoms with Gasteiger partial charge >= 0.3 is 0 Å². The molecule has 0 saturated heterocycles. The van der Waals surface area contributed by atoms with E-state index in [0.717, 1.165) is 25.1 Å². The lowest BCUT2D eigenvalue weighted by atomic mass is 9.89. The summed E-state index contributed by atoms with van der Waals surface area (Å²) < 4.78 is 4.15. The van der Waals surface area contributed by atoms with Crippen molar-refractivity contribution in [2.45, 2.75) is 58.9 Å². The quantitative estimate of drug-likeness (QED) is 0.796. The highest BCUT2D eigenvalue weighted by atomic mass is 32.1. The van der Waals surface area contributed by atoms with E-state index in [1.165, 1.54) is 22.0 Å². The molecule has 3 nitrogen and oxygen atoms in total. The summed E-state index contributed by atoms with van der Waals surface area (Å²) in [6.45, 7) is 15.9. The number of aromatic nitrogens is 2. The molecule has 1 N–H and O–H groups in total. The highest BCUT2D eigenvalue weighted by molar-refractivity contribution is 7.05. The van der Waals surface area contributed by atoms with Gasteiger partial charge in [-0.1, -0.05) is 51.3 Å². The number of rotatable bonds is 6. The van der Waals surface area contributed by atoms with Crippen LogP contribution in [0.25, 0.3) is 0 Å². The summed E-state index contributed by atoms with van der Waals surface area (Å²) in [4.78, 5) is 1.26. The molecule has 0 radical (unpaired) electrons. The van der Waals surface area contributed by atoms with Crippen molar-refractivity contribution in [1.29, 1.82) is 0 Å². The van der Waals surface area contributed by atoms with Crippen LogP contribution in [0.3, 0.4) is 0 Å². The van der Waals surface area contributed by atoms with Crippen molar-refractivity contribution in [1.82, 2.24) is 14.9 Å². The molecule has 0 aliphatic carbocycles. The Morgan fingerprint density at radius 3 is 2.56 bits per heavy atom. The molecule has 1 unspecified atom stereocenters. The summed E-state index contributed by atoms with van der Waals surface area (Å²) in [7, 11) is 0. The third-order valence-electron chi connectivity index (χ3n) is 2.98. The molecule has 0 amide bonds. The van der Waals surface area contributed by atoms with E-state index in [1.807, 2.05) is 0 Å². The maximum absolute atomic E-state index is 4.32.